The number of nitrogens with one attached hydrogen (secondary N) is 2. The van der Waals surface area contributed by atoms with Gasteiger partial charge >= 0.3 is 0 Å². The molecule has 0 radical (unpaired) electrons. The van der Waals surface area contributed by atoms with Crippen molar-refractivity contribution < 1.29 is 9.59 Å². The van der Waals surface area contributed by atoms with Gasteiger partial charge in [-0.3, -0.25) is 9.59 Å². The predicted octanol–water partition coefficient (Wildman–Crippen LogP) is 4.05. The lowest BCUT2D eigenvalue weighted by atomic mass is 10.1. The normalized spacial score (nSPS) is 11.0. The van der Waals surface area contributed by atoms with E-state index in [1.807, 2.05) is 0 Å². The third-order valence-electron chi connectivity index (χ3n) is 3.91. The van der Waals surface area contributed by atoms with Gasteiger partial charge in [0, 0.05) is 18.0 Å². The van der Waals surface area contributed by atoms with E-state index in [1.165, 1.54) is 12.1 Å². The van der Waals surface area contributed by atoms with Gasteiger partial charge in [-0.25, -0.2) is 0 Å². The average Bonchev–Trinajstić information content (AvgIpc) is 2.57. The molecular weight excluding hydrogens is 361 g/mol. The highest BCUT2D eigenvalue weighted by Crippen LogP contribution is 2.32. The molecule has 2 amide bonds. The van der Waals surface area contributed by atoms with E-state index >= 15 is 0 Å². The summed E-state index contributed by atoms with van der Waals surface area (Å²) in [5, 5.41) is 6.04. The van der Waals surface area contributed by atoms with Crippen molar-refractivity contribution in [3.8, 4) is 0 Å². The fourth-order valence-electron chi connectivity index (χ4n) is 2.24. The molecule has 0 aliphatic heterocycles. The molecule has 0 atom stereocenters. The number of benzene rings is 1. The van der Waals surface area contributed by atoms with Gasteiger partial charge in [0.25, 0.3) is 5.91 Å². The Morgan fingerprint density at radius 1 is 1.12 bits per heavy atom. The Balaban J connectivity index is 2.67. The van der Waals surface area contributed by atoms with Gasteiger partial charge in [-0.15, -0.1) is 0 Å². The first-order valence-electron chi connectivity index (χ1n) is 8.60. The molecule has 1 aromatic carbocycles. The molecule has 1 aromatic rings. The van der Waals surface area contributed by atoms with Crippen LogP contribution in [0.2, 0.25) is 10.0 Å². The molecule has 5 nitrogen and oxygen atoms in total. The zero-order valence-electron chi connectivity index (χ0n) is 15.3. The number of amides is 2. The fraction of sp³-hybridized carbons (Fsp3) is 0.556. The summed E-state index contributed by atoms with van der Waals surface area (Å²) in [6.07, 6.45) is 0.872. The highest BCUT2D eigenvalue weighted by Gasteiger charge is 2.16. The zero-order chi connectivity index (χ0) is 19.0. The van der Waals surface area contributed by atoms with E-state index in [1.54, 1.807) is 13.8 Å². The number of carbonyl (C=O) groups is 2. The van der Waals surface area contributed by atoms with Crippen LogP contribution in [-0.4, -0.2) is 42.9 Å². The number of hydrogen-bond donors (Lipinski definition) is 2. The predicted molar refractivity (Wildman–Crippen MR) is 105 cm³/mol. The van der Waals surface area contributed by atoms with Crippen LogP contribution in [0.3, 0.4) is 0 Å². The third-order valence-corrected chi connectivity index (χ3v) is 4.50. The van der Waals surface area contributed by atoms with Gasteiger partial charge < -0.3 is 15.5 Å². The van der Waals surface area contributed by atoms with E-state index in [2.05, 4.69) is 29.4 Å². The average molecular weight is 388 g/mol. The van der Waals surface area contributed by atoms with Crippen LogP contribution in [0.5, 0.6) is 0 Å². The van der Waals surface area contributed by atoms with Gasteiger partial charge in [0.05, 0.1) is 15.7 Å². The largest absolute Gasteiger partial charge is 0.352 e. The number of carbonyl (C=O) groups excluding carboxylic acids is 2. The van der Waals surface area contributed by atoms with Crippen LogP contribution < -0.4 is 10.6 Å². The highest BCUT2D eigenvalue weighted by molar-refractivity contribution is 6.40. The van der Waals surface area contributed by atoms with Gasteiger partial charge in [-0.05, 0) is 38.2 Å². The number of hydrogen-bond acceptors (Lipinski definition) is 3. The molecule has 0 saturated carbocycles. The summed E-state index contributed by atoms with van der Waals surface area (Å²) >= 11 is 12.4. The van der Waals surface area contributed by atoms with Gasteiger partial charge in [0.1, 0.15) is 0 Å². The molecule has 0 saturated heterocycles. The van der Waals surface area contributed by atoms with Crippen LogP contribution in [0.1, 0.15) is 44.5 Å². The van der Waals surface area contributed by atoms with Crippen molar-refractivity contribution in [2.75, 3.05) is 31.5 Å². The summed E-state index contributed by atoms with van der Waals surface area (Å²) in [5.74, 6) is -0.608. The molecule has 0 fully saturated rings. The first-order chi connectivity index (χ1) is 11.8. The Labute approximate surface area is 160 Å². The maximum absolute atomic E-state index is 12.2. The summed E-state index contributed by atoms with van der Waals surface area (Å²) < 4.78 is 0. The standard InChI is InChI=1S/C18H27Cl2N3O2/c1-5-23(6-2)9-7-8-21-18(25)13-10-14(19)16(15(20)11-13)22-17(24)12(3)4/h10-12H,5-9H2,1-4H3,(H,21,25)(H,22,24). The van der Waals surface area contributed by atoms with E-state index in [0.717, 1.165) is 26.1 Å². The third kappa shape index (κ3) is 6.84. The summed E-state index contributed by atoms with van der Waals surface area (Å²) in [5.41, 5.74) is 0.709. The van der Waals surface area contributed by atoms with E-state index in [-0.39, 0.29) is 27.8 Å². The first-order valence-corrected chi connectivity index (χ1v) is 9.36. The van der Waals surface area contributed by atoms with E-state index < -0.39 is 0 Å². The van der Waals surface area contributed by atoms with Gasteiger partial charge in [-0.1, -0.05) is 50.9 Å². The lowest BCUT2D eigenvalue weighted by Gasteiger charge is -2.17. The van der Waals surface area contributed by atoms with Crippen LogP contribution in [0.25, 0.3) is 0 Å². The minimum atomic E-state index is -0.231. The first kappa shape index (κ1) is 21.7. The van der Waals surface area contributed by atoms with Gasteiger partial charge in [0.2, 0.25) is 5.91 Å². The molecule has 0 aliphatic rings. The smallest absolute Gasteiger partial charge is 0.251 e. The second-order valence-corrected chi connectivity index (χ2v) is 6.91. The molecule has 0 spiro atoms. The van der Waals surface area contributed by atoms with Crippen LogP contribution >= 0.6 is 23.2 Å². The molecule has 0 aliphatic carbocycles. The number of nitrogens with zero attached hydrogens (tertiary/aromatic N) is 1. The van der Waals surface area contributed by atoms with Crippen LogP contribution in [-0.2, 0) is 4.79 Å². The minimum Gasteiger partial charge on any atom is -0.352 e. The summed E-state index contributed by atoms with van der Waals surface area (Å²) in [6.45, 7) is 11.3. The summed E-state index contributed by atoms with van der Waals surface area (Å²) in [6, 6.07) is 3.03. The van der Waals surface area contributed by atoms with E-state index in [9.17, 15) is 9.59 Å². The quantitative estimate of drug-likeness (QED) is 0.628. The highest BCUT2D eigenvalue weighted by atomic mass is 35.5. The Hall–Kier alpha value is -1.30. The van der Waals surface area contributed by atoms with Crippen molar-refractivity contribution in [2.24, 2.45) is 5.92 Å². The molecule has 0 bridgehead atoms. The molecule has 0 heterocycles. The Morgan fingerprint density at radius 3 is 2.16 bits per heavy atom. The Morgan fingerprint density at radius 2 is 1.68 bits per heavy atom. The number of anilines is 1. The van der Waals surface area contributed by atoms with Crippen molar-refractivity contribution in [1.29, 1.82) is 0 Å². The molecule has 2 N–H and O–H groups in total. The molecule has 0 unspecified atom stereocenters. The van der Waals surface area contributed by atoms with Crippen molar-refractivity contribution in [1.82, 2.24) is 10.2 Å². The van der Waals surface area contributed by atoms with E-state index in [4.69, 9.17) is 23.2 Å². The van der Waals surface area contributed by atoms with Crippen molar-refractivity contribution in [2.45, 2.75) is 34.1 Å². The zero-order valence-corrected chi connectivity index (χ0v) is 16.8. The monoisotopic (exact) mass is 387 g/mol. The summed E-state index contributed by atoms with van der Waals surface area (Å²) in [7, 11) is 0. The van der Waals surface area contributed by atoms with Crippen LogP contribution in [0.15, 0.2) is 12.1 Å². The molecule has 7 heteroatoms. The molecule has 25 heavy (non-hydrogen) atoms. The van der Waals surface area contributed by atoms with Crippen molar-refractivity contribution >= 4 is 40.7 Å². The minimum absolute atomic E-state index is 0.183. The van der Waals surface area contributed by atoms with Crippen LogP contribution in [0, 0.1) is 5.92 Å². The van der Waals surface area contributed by atoms with Crippen molar-refractivity contribution in [3.05, 3.63) is 27.7 Å². The SMILES string of the molecule is CCN(CC)CCCNC(=O)c1cc(Cl)c(NC(=O)C(C)C)c(Cl)c1. The van der Waals surface area contributed by atoms with Gasteiger partial charge in [0.15, 0.2) is 0 Å². The second-order valence-electron chi connectivity index (χ2n) is 6.10. The number of rotatable bonds is 9. The Kier molecular flexibility index (Phi) is 9.25. The fourth-order valence-corrected chi connectivity index (χ4v) is 2.82. The number of halogens is 2. The van der Waals surface area contributed by atoms with E-state index in [0.29, 0.717) is 17.8 Å². The van der Waals surface area contributed by atoms with Gasteiger partial charge in [-0.2, -0.15) is 0 Å². The topological polar surface area (TPSA) is 61.4 Å². The van der Waals surface area contributed by atoms with Crippen LogP contribution in [0.4, 0.5) is 5.69 Å². The Bertz CT molecular complexity index is 579. The maximum atomic E-state index is 12.2. The lowest BCUT2D eigenvalue weighted by molar-refractivity contribution is -0.118. The summed E-state index contributed by atoms with van der Waals surface area (Å²) in [4.78, 5) is 26.3. The lowest BCUT2D eigenvalue weighted by Crippen LogP contribution is -2.30. The maximum Gasteiger partial charge on any atom is 0.251 e. The molecular formula is C18H27Cl2N3O2. The molecule has 140 valence electrons. The van der Waals surface area contributed by atoms with Crippen molar-refractivity contribution in [3.63, 3.8) is 0 Å². The second kappa shape index (κ2) is 10.6. The molecule has 1 rings (SSSR count). The molecule has 0 aromatic heterocycles.